The Morgan fingerprint density at radius 1 is 1.20 bits per heavy atom. The van der Waals surface area contributed by atoms with Crippen molar-refractivity contribution in [3.8, 4) is 0 Å². The molecule has 2 rings (SSSR count). The second kappa shape index (κ2) is 6.31. The van der Waals surface area contributed by atoms with Gasteiger partial charge in [-0.2, -0.15) is 0 Å². The summed E-state index contributed by atoms with van der Waals surface area (Å²) in [7, 11) is 0. The van der Waals surface area contributed by atoms with Crippen molar-refractivity contribution in [2.75, 3.05) is 13.1 Å². The number of nitrogens with two attached hydrogens (primary N) is 1. The molecular formula is C15H20F2N2O. The maximum atomic E-state index is 13.0. The van der Waals surface area contributed by atoms with Crippen LogP contribution >= 0.6 is 0 Å². The number of benzene rings is 1. The third-order valence-corrected chi connectivity index (χ3v) is 4.05. The van der Waals surface area contributed by atoms with Gasteiger partial charge >= 0.3 is 0 Å². The van der Waals surface area contributed by atoms with Crippen LogP contribution in [0.5, 0.6) is 0 Å². The zero-order valence-corrected chi connectivity index (χ0v) is 11.4. The Hall–Kier alpha value is -1.49. The number of carbonyl (C=O) groups is 1. The van der Waals surface area contributed by atoms with Crippen molar-refractivity contribution in [1.82, 2.24) is 5.32 Å². The number of rotatable bonds is 5. The first kappa shape index (κ1) is 14.9. The maximum Gasteiger partial charge on any atom is 0.227 e. The maximum absolute atomic E-state index is 13.0. The lowest BCUT2D eigenvalue weighted by Gasteiger charge is -2.25. The number of hydrogen-bond donors (Lipinski definition) is 2. The first-order chi connectivity index (χ1) is 9.55. The van der Waals surface area contributed by atoms with Crippen molar-refractivity contribution in [2.45, 2.75) is 32.1 Å². The highest BCUT2D eigenvalue weighted by Gasteiger charge is 2.39. The molecule has 0 radical (unpaired) electrons. The van der Waals surface area contributed by atoms with Crippen LogP contribution in [0.15, 0.2) is 18.2 Å². The fraction of sp³-hybridized carbons (Fsp3) is 0.533. The van der Waals surface area contributed by atoms with Crippen LogP contribution in [0.4, 0.5) is 8.78 Å². The average Bonchev–Trinajstić information content (AvgIpc) is 2.87. The molecule has 110 valence electrons. The highest BCUT2D eigenvalue weighted by Crippen LogP contribution is 2.37. The van der Waals surface area contributed by atoms with E-state index in [2.05, 4.69) is 5.32 Å². The second-order valence-electron chi connectivity index (χ2n) is 5.48. The standard InChI is InChI=1S/C15H20F2N2O/c16-12-7-11(8-13(17)9-12)3-6-19-14(20)15(10-18)4-1-2-5-15/h7-9H,1-6,10,18H2,(H,19,20). The molecule has 3 N–H and O–H groups in total. The van der Waals surface area contributed by atoms with Gasteiger partial charge in [0.05, 0.1) is 5.41 Å². The summed E-state index contributed by atoms with van der Waals surface area (Å²) >= 11 is 0. The highest BCUT2D eigenvalue weighted by atomic mass is 19.1. The first-order valence-corrected chi connectivity index (χ1v) is 6.99. The summed E-state index contributed by atoms with van der Waals surface area (Å²) in [6.45, 7) is 0.719. The van der Waals surface area contributed by atoms with Crippen molar-refractivity contribution in [3.63, 3.8) is 0 Å². The van der Waals surface area contributed by atoms with Crippen LogP contribution in [-0.2, 0) is 11.2 Å². The molecule has 0 bridgehead atoms. The number of hydrogen-bond acceptors (Lipinski definition) is 2. The molecule has 1 aromatic rings. The van der Waals surface area contributed by atoms with E-state index in [0.29, 0.717) is 25.1 Å². The molecule has 0 aliphatic heterocycles. The summed E-state index contributed by atoms with van der Waals surface area (Å²) in [6.07, 6.45) is 4.11. The zero-order chi connectivity index (χ0) is 14.6. The normalized spacial score (nSPS) is 17.1. The van der Waals surface area contributed by atoms with E-state index in [1.165, 1.54) is 12.1 Å². The predicted octanol–water partition coefficient (Wildman–Crippen LogP) is 2.14. The molecule has 1 fully saturated rings. The monoisotopic (exact) mass is 282 g/mol. The van der Waals surface area contributed by atoms with Gasteiger partial charge in [0.2, 0.25) is 5.91 Å². The smallest absolute Gasteiger partial charge is 0.227 e. The highest BCUT2D eigenvalue weighted by molar-refractivity contribution is 5.83. The molecule has 0 unspecified atom stereocenters. The minimum absolute atomic E-state index is 0.0330. The molecule has 0 atom stereocenters. The summed E-state index contributed by atoms with van der Waals surface area (Å²) in [5.41, 5.74) is 5.83. The largest absolute Gasteiger partial charge is 0.355 e. The summed E-state index contributed by atoms with van der Waals surface area (Å²) in [5, 5.41) is 2.84. The Morgan fingerprint density at radius 3 is 2.35 bits per heavy atom. The topological polar surface area (TPSA) is 55.1 Å². The lowest BCUT2D eigenvalue weighted by atomic mass is 9.85. The van der Waals surface area contributed by atoms with Gasteiger partial charge in [-0.25, -0.2) is 8.78 Å². The van der Waals surface area contributed by atoms with E-state index in [4.69, 9.17) is 5.73 Å². The minimum Gasteiger partial charge on any atom is -0.355 e. The third kappa shape index (κ3) is 3.33. The molecule has 0 heterocycles. The van der Waals surface area contributed by atoms with Crippen LogP contribution in [0.3, 0.4) is 0 Å². The van der Waals surface area contributed by atoms with E-state index in [1.54, 1.807) is 0 Å². The van der Waals surface area contributed by atoms with Gasteiger partial charge in [-0.1, -0.05) is 12.8 Å². The van der Waals surface area contributed by atoms with E-state index in [9.17, 15) is 13.6 Å². The second-order valence-corrected chi connectivity index (χ2v) is 5.48. The van der Waals surface area contributed by atoms with Crippen molar-refractivity contribution in [1.29, 1.82) is 0 Å². The first-order valence-electron chi connectivity index (χ1n) is 6.99. The molecule has 0 saturated heterocycles. The van der Waals surface area contributed by atoms with Crippen LogP contribution < -0.4 is 11.1 Å². The van der Waals surface area contributed by atoms with Gasteiger partial charge in [0, 0.05) is 19.2 Å². The molecule has 0 spiro atoms. The number of halogens is 2. The van der Waals surface area contributed by atoms with E-state index in [1.807, 2.05) is 0 Å². The molecule has 20 heavy (non-hydrogen) atoms. The molecule has 5 heteroatoms. The Balaban J connectivity index is 1.87. The van der Waals surface area contributed by atoms with Gasteiger partial charge in [-0.05, 0) is 37.0 Å². The molecular weight excluding hydrogens is 262 g/mol. The summed E-state index contributed by atoms with van der Waals surface area (Å²) in [5.74, 6) is -1.23. The van der Waals surface area contributed by atoms with Gasteiger partial charge in [-0.3, -0.25) is 4.79 Å². The van der Waals surface area contributed by atoms with E-state index >= 15 is 0 Å². The molecule has 0 aromatic heterocycles. The molecule has 1 aliphatic rings. The van der Waals surface area contributed by atoms with Crippen molar-refractivity contribution in [2.24, 2.45) is 11.1 Å². The van der Waals surface area contributed by atoms with Crippen LogP contribution in [-0.4, -0.2) is 19.0 Å². The van der Waals surface area contributed by atoms with Crippen molar-refractivity contribution >= 4 is 5.91 Å². The average molecular weight is 282 g/mol. The van der Waals surface area contributed by atoms with Crippen LogP contribution in [0.25, 0.3) is 0 Å². The van der Waals surface area contributed by atoms with Crippen LogP contribution in [0.1, 0.15) is 31.2 Å². The quantitative estimate of drug-likeness (QED) is 0.869. The van der Waals surface area contributed by atoms with Gasteiger partial charge < -0.3 is 11.1 Å². The SMILES string of the molecule is NCC1(C(=O)NCCc2cc(F)cc(F)c2)CCCC1. The van der Waals surface area contributed by atoms with E-state index in [-0.39, 0.29) is 5.91 Å². The Bertz CT molecular complexity index is 465. The fourth-order valence-electron chi connectivity index (χ4n) is 2.84. The van der Waals surface area contributed by atoms with Crippen LogP contribution in [0, 0.1) is 17.0 Å². The Labute approximate surface area is 117 Å². The summed E-state index contributed by atoms with van der Waals surface area (Å²) in [6, 6.07) is 3.40. The van der Waals surface area contributed by atoms with Gasteiger partial charge in [0.1, 0.15) is 11.6 Å². The summed E-state index contributed by atoms with van der Waals surface area (Å²) < 4.78 is 26.1. The molecule has 1 amide bonds. The van der Waals surface area contributed by atoms with Gasteiger partial charge in [-0.15, -0.1) is 0 Å². The molecule has 1 aromatic carbocycles. The lowest BCUT2D eigenvalue weighted by Crippen LogP contribution is -2.44. The molecule has 3 nitrogen and oxygen atoms in total. The number of amides is 1. The molecule has 1 aliphatic carbocycles. The Morgan fingerprint density at radius 2 is 1.80 bits per heavy atom. The van der Waals surface area contributed by atoms with Gasteiger partial charge in [0.25, 0.3) is 0 Å². The van der Waals surface area contributed by atoms with E-state index < -0.39 is 17.0 Å². The lowest BCUT2D eigenvalue weighted by molar-refractivity contribution is -0.130. The predicted molar refractivity (Wildman–Crippen MR) is 73.0 cm³/mol. The minimum atomic E-state index is -0.597. The Kier molecular flexibility index (Phi) is 4.70. The summed E-state index contributed by atoms with van der Waals surface area (Å²) in [4.78, 5) is 12.2. The van der Waals surface area contributed by atoms with Crippen LogP contribution in [0.2, 0.25) is 0 Å². The van der Waals surface area contributed by atoms with Crippen molar-refractivity contribution in [3.05, 3.63) is 35.4 Å². The third-order valence-electron chi connectivity index (χ3n) is 4.05. The molecule has 1 saturated carbocycles. The van der Waals surface area contributed by atoms with Gasteiger partial charge in [0.15, 0.2) is 0 Å². The number of carbonyl (C=O) groups excluding carboxylic acids is 1. The fourth-order valence-corrected chi connectivity index (χ4v) is 2.84. The number of nitrogens with one attached hydrogen (secondary N) is 1. The zero-order valence-electron chi connectivity index (χ0n) is 11.4. The van der Waals surface area contributed by atoms with E-state index in [0.717, 1.165) is 31.7 Å². The van der Waals surface area contributed by atoms with Crippen molar-refractivity contribution < 1.29 is 13.6 Å².